The Bertz CT molecular complexity index is 599. The molecule has 1 atom stereocenters. The monoisotopic (exact) mass is 306 g/mol. The van der Waals surface area contributed by atoms with Crippen LogP contribution >= 0.6 is 11.8 Å². The number of carbonyl (C=O) groups is 1. The van der Waals surface area contributed by atoms with E-state index in [-0.39, 0.29) is 11.9 Å². The SMILES string of the molecule is COc1cc(N)ccc1SCC(=O)NC(C)c1ccco1. The summed E-state index contributed by atoms with van der Waals surface area (Å²) in [5.74, 6) is 1.64. The van der Waals surface area contributed by atoms with Crippen LogP contribution in [0.5, 0.6) is 5.75 Å². The van der Waals surface area contributed by atoms with Crippen LogP contribution < -0.4 is 15.8 Å². The van der Waals surface area contributed by atoms with Crippen LogP contribution in [-0.2, 0) is 4.79 Å². The quantitative estimate of drug-likeness (QED) is 0.634. The number of methoxy groups -OCH3 is 1. The number of nitrogen functional groups attached to an aromatic ring is 1. The number of hydrogen-bond acceptors (Lipinski definition) is 5. The standard InChI is InChI=1S/C15H18N2O3S/c1-10(12-4-3-7-20-12)17-15(18)9-21-14-6-5-11(16)8-13(14)19-2/h3-8,10H,9,16H2,1-2H3,(H,17,18). The topological polar surface area (TPSA) is 77.5 Å². The van der Waals surface area contributed by atoms with E-state index in [9.17, 15) is 4.79 Å². The Labute approximate surface area is 127 Å². The summed E-state index contributed by atoms with van der Waals surface area (Å²) in [6.45, 7) is 1.88. The number of thioether (sulfide) groups is 1. The molecule has 3 N–H and O–H groups in total. The average Bonchev–Trinajstić information content (AvgIpc) is 3.00. The molecule has 0 saturated carbocycles. The fourth-order valence-electron chi connectivity index (χ4n) is 1.84. The third-order valence-corrected chi connectivity index (χ3v) is 3.95. The van der Waals surface area contributed by atoms with E-state index < -0.39 is 0 Å². The van der Waals surface area contributed by atoms with Crippen LogP contribution in [0.1, 0.15) is 18.7 Å². The van der Waals surface area contributed by atoms with Crippen molar-refractivity contribution in [2.75, 3.05) is 18.6 Å². The lowest BCUT2D eigenvalue weighted by Gasteiger charge is -2.12. The molecular formula is C15H18N2O3S. The van der Waals surface area contributed by atoms with Crippen molar-refractivity contribution in [2.45, 2.75) is 17.9 Å². The van der Waals surface area contributed by atoms with Crippen molar-refractivity contribution in [3.63, 3.8) is 0 Å². The second-order valence-electron chi connectivity index (χ2n) is 4.50. The summed E-state index contributed by atoms with van der Waals surface area (Å²) in [7, 11) is 1.58. The maximum absolute atomic E-state index is 11.9. The van der Waals surface area contributed by atoms with E-state index in [0.29, 0.717) is 17.2 Å². The van der Waals surface area contributed by atoms with E-state index >= 15 is 0 Å². The lowest BCUT2D eigenvalue weighted by molar-refractivity contribution is -0.119. The van der Waals surface area contributed by atoms with Gasteiger partial charge in [0.1, 0.15) is 11.5 Å². The molecule has 5 nitrogen and oxygen atoms in total. The molecule has 0 fully saturated rings. The van der Waals surface area contributed by atoms with Gasteiger partial charge in [0.15, 0.2) is 0 Å². The van der Waals surface area contributed by atoms with Crippen LogP contribution in [-0.4, -0.2) is 18.8 Å². The van der Waals surface area contributed by atoms with Crippen LogP contribution in [0, 0.1) is 0 Å². The Morgan fingerprint density at radius 3 is 2.95 bits per heavy atom. The van der Waals surface area contributed by atoms with Crippen LogP contribution in [0.3, 0.4) is 0 Å². The molecule has 0 aliphatic carbocycles. The Balaban J connectivity index is 1.89. The van der Waals surface area contributed by atoms with Gasteiger partial charge in [-0.3, -0.25) is 4.79 Å². The van der Waals surface area contributed by atoms with Gasteiger partial charge in [0.05, 0.1) is 25.2 Å². The minimum atomic E-state index is -0.151. The van der Waals surface area contributed by atoms with E-state index in [1.807, 2.05) is 19.1 Å². The molecule has 0 aliphatic rings. The zero-order chi connectivity index (χ0) is 15.2. The van der Waals surface area contributed by atoms with Gasteiger partial charge in [-0.1, -0.05) is 0 Å². The van der Waals surface area contributed by atoms with Crippen LogP contribution in [0.15, 0.2) is 45.9 Å². The van der Waals surface area contributed by atoms with Gasteiger partial charge >= 0.3 is 0 Å². The number of carbonyl (C=O) groups excluding carboxylic acids is 1. The number of ether oxygens (including phenoxy) is 1. The molecular weight excluding hydrogens is 288 g/mol. The molecule has 2 rings (SSSR count). The van der Waals surface area contributed by atoms with E-state index in [2.05, 4.69) is 5.32 Å². The van der Waals surface area contributed by atoms with Crippen molar-refractivity contribution in [2.24, 2.45) is 0 Å². The van der Waals surface area contributed by atoms with Gasteiger partial charge in [-0.2, -0.15) is 0 Å². The van der Waals surface area contributed by atoms with Crippen LogP contribution in [0.25, 0.3) is 0 Å². The summed E-state index contributed by atoms with van der Waals surface area (Å²) < 4.78 is 10.5. The first-order chi connectivity index (χ1) is 10.1. The molecule has 21 heavy (non-hydrogen) atoms. The van der Waals surface area contributed by atoms with Crippen LogP contribution in [0.2, 0.25) is 0 Å². The highest BCUT2D eigenvalue weighted by Gasteiger charge is 2.13. The second kappa shape index (κ2) is 7.08. The molecule has 6 heteroatoms. The fourth-order valence-corrected chi connectivity index (χ4v) is 2.66. The van der Waals surface area contributed by atoms with Gasteiger partial charge in [0.25, 0.3) is 0 Å². The van der Waals surface area contributed by atoms with Gasteiger partial charge in [-0.15, -0.1) is 11.8 Å². The number of hydrogen-bond donors (Lipinski definition) is 2. The third-order valence-electron chi connectivity index (χ3n) is 2.89. The zero-order valence-electron chi connectivity index (χ0n) is 12.0. The predicted octanol–water partition coefficient (Wildman–Crippen LogP) is 2.84. The third kappa shape index (κ3) is 4.19. The lowest BCUT2D eigenvalue weighted by atomic mass is 10.2. The Morgan fingerprint density at radius 1 is 1.48 bits per heavy atom. The van der Waals surface area contributed by atoms with E-state index in [0.717, 1.165) is 10.7 Å². The highest BCUT2D eigenvalue weighted by molar-refractivity contribution is 8.00. The molecule has 0 spiro atoms. The molecule has 1 amide bonds. The van der Waals surface area contributed by atoms with Crippen molar-refractivity contribution in [1.29, 1.82) is 0 Å². The highest BCUT2D eigenvalue weighted by Crippen LogP contribution is 2.30. The van der Waals surface area contributed by atoms with E-state index in [1.165, 1.54) is 11.8 Å². The molecule has 0 aliphatic heterocycles. The maximum Gasteiger partial charge on any atom is 0.230 e. The number of nitrogens with two attached hydrogens (primary N) is 1. The van der Waals surface area contributed by atoms with Gasteiger partial charge in [0.2, 0.25) is 5.91 Å². The Kier molecular flexibility index (Phi) is 5.16. The van der Waals surface area contributed by atoms with Crippen molar-refractivity contribution in [1.82, 2.24) is 5.32 Å². The predicted molar refractivity (Wildman–Crippen MR) is 83.4 cm³/mol. The summed E-state index contributed by atoms with van der Waals surface area (Å²) in [5, 5.41) is 2.88. The summed E-state index contributed by atoms with van der Waals surface area (Å²) in [6.07, 6.45) is 1.59. The summed E-state index contributed by atoms with van der Waals surface area (Å²) in [6, 6.07) is 8.86. The van der Waals surface area contributed by atoms with Gasteiger partial charge in [-0.05, 0) is 31.2 Å². The normalized spacial score (nSPS) is 11.9. The molecule has 112 valence electrons. The Morgan fingerprint density at radius 2 is 2.29 bits per heavy atom. The molecule has 0 radical (unpaired) electrons. The first kappa shape index (κ1) is 15.3. The van der Waals surface area contributed by atoms with Crippen molar-refractivity contribution >= 4 is 23.4 Å². The summed E-state index contributed by atoms with van der Waals surface area (Å²) in [4.78, 5) is 12.8. The van der Waals surface area contributed by atoms with Crippen molar-refractivity contribution < 1.29 is 13.9 Å². The van der Waals surface area contributed by atoms with Gasteiger partial charge < -0.3 is 20.2 Å². The molecule has 1 aromatic carbocycles. The molecule has 2 aromatic rings. The molecule has 0 bridgehead atoms. The van der Waals surface area contributed by atoms with Gasteiger partial charge in [0, 0.05) is 16.6 Å². The number of furan rings is 1. The van der Waals surface area contributed by atoms with Crippen molar-refractivity contribution in [3.05, 3.63) is 42.4 Å². The summed E-state index contributed by atoms with van der Waals surface area (Å²) in [5.41, 5.74) is 6.33. The minimum absolute atomic E-state index is 0.0669. The second-order valence-corrected chi connectivity index (χ2v) is 5.52. The largest absolute Gasteiger partial charge is 0.496 e. The molecule has 1 heterocycles. The minimum Gasteiger partial charge on any atom is -0.496 e. The first-order valence-corrected chi connectivity index (χ1v) is 7.48. The lowest BCUT2D eigenvalue weighted by Crippen LogP contribution is -2.27. The maximum atomic E-state index is 11.9. The summed E-state index contributed by atoms with van der Waals surface area (Å²) >= 11 is 1.40. The van der Waals surface area contributed by atoms with E-state index in [1.54, 1.807) is 31.6 Å². The number of amides is 1. The average molecular weight is 306 g/mol. The number of rotatable bonds is 6. The smallest absolute Gasteiger partial charge is 0.230 e. The highest BCUT2D eigenvalue weighted by atomic mass is 32.2. The van der Waals surface area contributed by atoms with E-state index in [4.69, 9.17) is 14.9 Å². The first-order valence-electron chi connectivity index (χ1n) is 6.49. The zero-order valence-corrected chi connectivity index (χ0v) is 12.8. The fraction of sp³-hybridized carbons (Fsp3) is 0.267. The molecule has 0 saturated heterocycles. The number of anilines is 1. The number of benzene rings is 1. The Hall–Kier alpha value is -2.08. The van der Waals surface area contributed by atoms with Crippen LogP contribution in [0.4, 0.5) is 5.69 Å². The molecule has 1 unspecified atom stereocenters. The van der Waals surface area contributed by atoms with Gasteiger partial charge in [-0.25, -0.2) is 0 Å². The van der Waals surface area contributed by atoms with Crippen molar-refractivity contribution in [3.8, 4) is 5.75 Å². The molecule has 1 aromatic heterocycles. The number of nitrogens with one attached hydrogen (secondary N) is 1.